The van der Waals surface area contributed by atoms with Gasteiger partial charge in [-0.05, 0) is 24.8 Å². The van der Waals surface area contributed by atoms with Crippen LogP contribution in [0.25, 0.3) is 0 Å². The van der Waals surface area contributed by atoms with Gasteiger partial charge in [0.1, 0.15) is 5.82 Å². The molecule has 0 bridgehead atoms. The summed E-state index contributed by atoms with van der Waals surface area (Å²) in [5.41, 5.74) is 0.897. The lowest BCUT2D eigenvalue weighted by Crippen LogP contribution is -2.10. The Bertz CT molecular complexity index is 292. The molecule has 0 aliphatic carbocycles. The third-order valence-electron chi connectivity index (χ3n) is 1.92. The second kappa shape index (κ2) is 2.84. The summed E-state index contributed by atoms with van der Waals surface area (Å²) in [5, 5.41) is 0. The summed E-state index contributed by atoms with van der Waals surface area (Å²) >= 11 is 1.57. The van der Waals surface area contributed by atoms with Gasteiger partial charge in [-0.2, -0.15) is 0 Å². The molecule has 1 aromatic rings. The van der Waals surface area contributed by atoms with Gasteiger partial charge in [0.25, 0.3) is 0 Å². The van der Waals surface area contributed by atoms with E-state index in [0.717, 1.165) is 15.3 Å². The number of hydrogen-bond acceptors (Lipinski definition) is 1. The van der Waals surface area contributed by atoms with Gasteiger partial charge in [-0.15, -0.1) is 11.3 Å². The average molecular weight is 186 g/mol. The topological polar surface area (TPSA) is 0 Å². The first-order valence-electron chi connectivity index (χ1n) is 4.10. The highest BCUT2D eigenvalue weighted by Crippen LogP contribution is 2.35. The van der Waals surface area contributed by atoms with Crippen molar-refractivity contribution >= 4 is 11.3 Å². The highest BCUT2D eigenvalue weighted by atomic mass is 32.1. The van der Waals surface area contributed by atoms with E-state index in [1.807, 2.05) is 13.8 Å². The van der Waals surface area contributed by atoms with Crippen LogP contribution in [0.3, 0.4) is 0 Å². The van der Waals surface area contributed by atoms with Gasteiger partial charge in [0.15, 0.2) is 0 Å². The molecule has 0 radical (unpaired) electrons. The van der Waals surface area contributed by atoms with E-state index in [2.05, 4.69) is 20.8 Å². The number of aryl methyl sites for hydroxylation is 1. The fraction of sp³-hybridized carbons (Fsp3) is 0.600. The first kappa shape index (κ1) is 9.72. The quantitative estimate of drug-likeness (QED) is 0.578. The number of hydrogen-bond donors (Lipinski definition) is 0. The predicted molar refractivity (Wildman–Crippen MR) is 52.5 cm³/mol. The first-order chi connectivity index (χ1) is 5.34. The molecule has 0 atom stereocenters. The molecular weight excluding hydrogens is 171 g/mol. The summed E-state index contributed by atoms with van der Waals surface area (Å²) in [6.07, 6.45) is 0. The van der Waals surface area contributed by atoms with Gasteiger partial charge in [-0.25, -0.2) is 4.39 Å². The standard InChI is InChI=1S/C10H15FS/c1-6-8(11)7(2)12-9(6)10(3,4)5/h1-5H3. The molecule has 0 aromatic carbocycles. The normalized spacial score (nSPS) is 12.2. The van der Waals surface area contributed by atoms with E-state index in [1.165, 1.54) is 0 Å². The molecule has 0 unspecified atom stereocenters. The lowest BCUT2D eigenvalue weighted by atomic mass is 9.92. The molecule has 1 aromatic heterocycles. The molecule has 12 heavy (non-hydrogen) atoms. The van der Waals surface area contributed by atoms with Crippen molar-refractivity contribution < 1.29 is 4.39 Å². The SMILES string of the molecule is Cc1sc(C(C)(C)C)c(C)c1F. The Morgan fingerprint density at radius 1 is 1.17 bits per heavy atom. The summed E-state index contributed by atoms with van der Waals surface area (Å²) in [7, 11) is 0. The Labute approximate surface area is 77.4 Å². The Balaban J connectivity index is 3.28. The van der Waals surface area contributed by atoms with Crippen molar-refractivity contribution in [3.05, 3.63) is 21.1 Å². The van der Waals surface area contributed by atoms with Crippen molar-refractivity contribution in [2.45, 2.75) is 40.0 Å². The Morgan fingerprint density at radius 2 is 1.67 bits per heavy atom. The Hall–Kier alpha value is -0.370. The van der Waals surface area contributed by atoms with Crippen LogP contribution in [0.5, 0.6) is 0 Å². The Kier molecular flexibility index (Phi) is 2.30. The molecule has 0 aliphatic rings. The monoisotopic (exact) mass is 186 g/mol. The Morgan fingerprint density at radius 3 is 1.83 bits per heavy atom. The molecule has 0 aliphatic heterocycles. The molecular formula is C10H15FS. The molecule has 0 saturated heterocycles. The molecule has 0 spiro atoms. The van der Waals surface area contributed by atoms with Crippen molar-refractivity contribution in [3.8, 4) is 0 Å². The van der Waals surface area contributed by atoms with Gasteiger partial charge in [-0.1, -0.05) is 20.8 Å². The second-order valence-corrected chi connectivity index (χ2v) is 5.40. The largest absolute Gasteiger partial charge is 0.205 e. The summed E-state index contributed by atoms with van der Waals surface area (Å²) in [4.78, 5) is 1.97. The van der Waals surface area contributed by atoms with E-state index in [4.69, 9.17) is 0 Å². The van der Waals surface area contributed by atoms with Crippen LogP contribution in [0.1, 0.15) is 36.1 Å². The maximum absolute atomic E-state index is 13.3. The minimum atomic E-state index is -0.0232. The first-order valence-corrected chi connectivity index (χ1v) is 4.91. The van der Waals surface area contributed by atoms with Gasteiger partial charge < -0.3 is 0 Å². The van der Waals surface area contributed by atoms with Crippen LogP contribution in [0.15, 0.2) is 0 Å². The third-order valence-corrected chi connectivity index (χ3v) is 3.52. The van der Waals surface area contributed by atoms with Crippen LogP contribution in [0, 0.1) is 19.7 Å². The third kappa shape index (κ3) is 1.53. The second-order valence-electron chi connectivity index (χ2n) is 4.18. The molecule has 1 heterocycles. The highest BCUT2D eigenvalue weighted by molar-refractivity contribution is 7.12. The summed E-state index contributed by atoms with van der Waals surface area (Å²) < 4.78 is 13.3. The molecule has 2 heteroatoms. The minimum absolute atomic E-state index is 0.0232. The zero-order valence-electron chi connectivity index (χ0n) is 8.29. The molecule has 0 N–H and O–H groups in total. The molecule has 0 nitrogen and oxygen atoms in total. The van der Waals surface area contributed by atoms with E-state index < -0.39 is 0 Å². The number of thiophene rings is 1. The van der Waals surface area contributed by atoms with Crippen LogP contribution in [-0.2, 0) is 5.41 Å². The van der Waals surface area contributed by atoms with Crippen LogP contribution in [0.4, 0.5) is 4.39 Å². The minimum Gasteiger partial charge on any atom is -0.205 e. The molecule has 0 fully saturated rings. The van der Waals surface area contributed by atoms with E-state index >= 15 is 0 Å². The van der Waals surface area contributed by atoms with Crippen molar-refractivity contribution in [1.29, 1.82) is 0 Å². The summed E-state index contributed by atoms with van der Waals surface area (Å²) in [5.74, 6) is -0.0232. The average Bonchev–Trinajstić information content (AvgIpc) is 2.15. The summed E-state index contributed by atoms with van der Waals surface area (Å²) in [6, 6.07) is 0. The van der Waals surface area contributed by atoms with Crippen molar-refractivity contribution in [2.75, 3.05) is 0 Å². The van der Waals surface area contributed by atoms with Crippen molar-refractivity contribution in [1.82, 2.24) is 0 Å². The van der Waals surface area contributed by atoms with Gasteiger partial charge >= 0.3 is 0 Å². The smallest absolute Gasteiger partial charge is 0.139 e. The lowest BCUT2D eigenvalue weighted by Gasteiger charge is -2.17. The fourth-order valence-electron chi connectivity index (χ4n) is 1.35. The van der Waals surface area contributed by atoms with Gasteiger partial charge in [-0.3, -0.25) is 0 Å². The zero-order valence-corrected chi connectivity index (χ0v) is 9.10. The van der Waals surface area contributed by atoms with Gasteiger partial charge in [0, 0.05) is 9.75 Å². The van der Waals surface area contributed by atoms with Crippen molar-refractivity contribution in [3.63, 3.8) is 0 Å². The molecule has 0 amide bonds. The van der Waals surface area contributed by atoms with E-state index in [1.54, 1.807) is 11.3 Å². The maximum Gasteiger partial charge on any atom is 0.139 e. The van der Waals surface area contributed by atoms with E-state index in [-0.39, 0.29) is 11.2 Å². The highest BCUT2D eigenvalue weighted by Gasteiger charge is 2.22. The van der Waals surface area contributed by atoms with Crippen LogP contribution >= 0.6 is 11.3 Å². The zero-order chi connectivity index (χ0) is 9.52. The van der Waals surface area contributed by atoms with Gasteiger partial charge in [0.2, 0.25) is 0 Å². The number of halogens is 1. The van der Waals surface area contributed by atoms with E-state index in [9.17, 15) is 4.39 Å². The van der Waals surface area contributed by atoms with Crippen LogP contribution in [-0.4, -0.2) is 0 Å². The predicted octanol–water partition coefficient (Wildman–Crippen LogP) is 3.80. The molecule has 0 saturated carbocycles. The fourth-order valence-corrected chi connectivity index (χ4v) is 2.45. The lowest BCUT2D eigenvalue weighted by molar-refractivity contribution is 0.579. The summed E-state index contributed by atoms with van der Waals surface area (Å²) in [6.45, 7) is 10.0. The van der Waals surface area contributed by atoms with Gasteiger partial charge in [0.05, 0.1) is 0 Å². The van der Waals surface area contributed by atoms with Crippen LogP contribution in [0.2, 0.25) is 0 Å². The number of rotatable bonds is 0. The molecule has 1 rings (SSSR count). The van der Waals surface area contributed by atoms with E-state index in [0.29, 0.717) is 0 Å². The molecule has 68 valence electrons. The maximum atomic E-state index is 13.3. The van der Waals surface area contributed by atoms with Crippen molar-refractivity contribution in [2.24, 2.45) is 0 Å². The van der Waals surface area contributed by atoms with Crippen LogP contribution < -0.4 is 0 Å².